The van der Waals surface area contributed by atoms with Crippen LogP contribution in [0.5, 0.6) is 17.2 Å². The Bertz CT molecular complexity index is 2790. The highest BCUT2D eigenvalue weighted by Crippen LogP contribution is 2.50. The molecule has 334 valence electrons. The molecular weight excluding hydrogens is 947 g/mol. The molecule has 0 atom stereocenters. The number of aryl methyl sites for hydroxylation is 1. The summed E-state index contributed by atoms with van der Waals surface area (Å²) in [7, 11) is -16.1. The average Bonchev–Trinajstić information content (AvgIpc) is 3.17. The fourth-order valence-corrected chi connectivity index (χ4v) is 9.44. The van der Waals surface area contributed by atoms with Crippen LogP contribution in [0.25, 0.3) is 10.8 Å². The lowest BCUT2D eigenvalue weighted by atomic mass is 10.1. The Morgan fingerprint density at radius 3 is 1.95 bits per heavy atom. The number of aromatic hydroxyl groups is 1. The van der Waals surface area contributed by atoms with Gasteiger partial charge in [0, 0.05) is 6.07 Å². The molecule has 0 saturated carbocycles. The number of hydrogen-bond acceptors (Lipinski definition) is 26. The number of methoxy groups -OCH3 is 2. The average molecular weight is 978 g/mol. The monoisotopic (exact) mass is 977 g/mol. The van der Waals surface area contributed by atoms with Crippen LogP contribution in [0.2, 0.25) is 0 Å². The van der Waals surface area contributed by atoms with Gasteiger partial charge in [0.1, 0.15) is 39.1 Å². The molecule has 7 N–H and O–H groups in total. The molecule has 0 radical (unpaired) electrons. The number of phenols is 1. The molecule has 0 heterocycles. The zero-order valence-corrected chi connectivity index (χ0v) is 35.9. The van der Waals surface area contributed by atoms with Gasteiger partial charge in [0.25, 0.3) is 10.1 Å². The van der Waals surface area contributed by atoms with E-state index in [0.717, 1.165) is 36.4 Å². The Labute approximate surface area is 354 Å². The summed E-state index contributed by atoms with van der Waals surface area (Å²) in [4.78, 5) is -1.84. The third-order valence-electron chi connectivity index (χ3n) is 7.71. The number of anilines is 1. The number of ether oxygens (including phenoxy) is 2. The maximum Gasteiger partial charge on any atom is 0.397 e. The Morgan fingerprint density at radius 2 is 1.34 bits per heavy atom. The predicted octanol–water partition coefficient (Wildman–Crippen LogP) is 5.33. The van der Waals surface area contributed by atoms with E-state index in [0.29, 0.717) is 0 Å². The first-order valence-electron chi connectivity index (χ1n) is 15.9. The summed E-state index contributed by atoms with van der Waals surface area (Å²) in [5.74, 6) is -2.54. The first-order chi connectivity index (χ1) is 28.6. The van der Waals surface area contributed by atoms with E-state index in [9.17, 15) is 43.3 Å². The summed E-state index contributed by atoms with van der Waals surface area (Å²) >= 11 is 0.421. The predicted molar refractivity (Wildman–Crippen MR) is 210 cm³/mol. The van der Waals surface area contributed by atoms with Crippen LogP contribution in [0.4, 0.5) is 28.4 Å². The summed E-state index contributed by atoms with van der Waals surface area (Å²) in [5.41, 5.74) is 4.18. The van der Waals surface area contributed by atoms with E-state index in [1.54, 1.807) is 0 Å². The van der Waals surface area contributed by atoms with Crippen molar-refractivity contribution < 1.29 is 95.0 Å². The van der Waals surface area contributed by atoms with Gasteiger partial charge in [-0.05, 0) is 54.3 Å². The Hall–Kier alpha value is -4.36. The van der Waals surface area contributed by atoms with Crippen LogP contribution < -0.4 is 15.2 Å². The second-order valence-electron chi connectivity index (χ2n) is 11.5. The van der Waals surface area contributed by atoms with Crippen LogP contribution >= 0.6 is 24.4 Å². The van der Waals surface area contributed by atoms with Gasteiger partial charge in [0.15, 0.2) is 37.7 Å². The molecule has 26 nitrogen and oxygen atoms in total. The molecule has 32 heteroatoms. The van der Waals surface area contributed by atoms with Gasteiger partial charge in [-0.15, -0.1) is 29.1 Å². The van der Waals surface area contributed by atoms with Crippen molar-refractivity contribution in [2.24, 2.45) is 20.5 Å². The van der Waals surface area contributed by atoms with Gasteiger partial charge in [0.2, 0.25) is 0 Å². The summed E-state index contributed by atoms with van der Waals surface area (Å²) in [6.07, 6.45) is 0. The number of nitrogens with zero attached hydrogens (tertiary/aromatic N) is 4. The van der Waals surface area contributed by atoms with Crippen molar-refractivity contribution in [1.29, 1.82) is 0 Å². The van der Waals surface area contributed by atoms with E-state index >= 15 is 0 Å². The Kier molecular flexibility index (Phi) is 16.7. The summed E-state index contributed by atoms with van der Waals surface area (Å²) in [6, 6.07) is 7.46. The van der Waals surface area contributed by atoms with Crippen molar-refractivity contribution in [2.75, 3.05) is 44.7 Å². The number of nitrogens with two attached hydrogens (primary N) is 1. The maximum absolute atomic E-state index is 13.0. The molecule has 4 aromatic rings. The van der Waals surface area contributed by atoms with E-state index < -0.39 is 90.9 Å². The fraction of sp³-hybridized carbons (Fsp3) is 0.241. The molecule has 0 aliphatic carbocycles. The number of sulfone groups is 2. The van der Waals surface area contributed by atoms with E-state index in [1.807, 2.05) is 0 Å². The number of benzene rings is 4. The largest absolute Gasteiger partial charge is 0.505 e. The molecule has 0 aromatic heterocycles. The highest BCUT2D eigenvalue weighted by molar-refractivity contribution is 7.94. The van der Waals surface area contributed by atoms with Gasteiger partial charge >= 0.3 is 10.4 Å². The lowest BCUT2D eigenvalue weighted by Gasteiger charge is -2.15. The van der Waals surface area contributed by atoms with E-state index in [-0.39, 0.29) is 80.0 Å². The summed E-state index contributed by atoms with van der Waals surface area (Å²) < 4.78 is 146. The van der Waals surface area contributed by atoms with Crippen LogP contribution in [0.1, 0.15) is 5.56 Å². The van der Waals surface area contributed by atoms with Crippen LogP contribution in [-0.4, -0.2) is 97.3 Å². The maximum atomic E-state index is 13.0. The minimum Gasteiger partial charge on any atom is -0.505 e. The molecular formula is C29H31N5O21S6. The molecule has 0 unspecified atom stereocenters. The first kappa shape index (κ1) is 49.3. The third kappa shape index (κ3) is 12.6. The van der Waals surface area contributed by atoms with Crippen molar-refractivity contribution in [3.63, 3.8) is 0 Å². The number of phenolic OH excluding ortho intramolecular Hbond substituents is 1. The standard InChI is InChI=1S/C29H31N5O21S6/c1-15-10-18(21(49-3)14-23(15)59(40,41)8-6-50-57-55-53-37)31-33-27-22(56-54-52-36)11-16-12-24(60(42,43)44)28(26(30)25(16)29(27)35)34-32-19-13-17(4-5-20(19)48-2)58(38,39)9-7-51-61(45,46)47/h4-5,10-14,35-37H,6-9,30H2,1-3H3,(H,42,43,44)(H,45,46,47). The third-order valence-corrected chi connectivity index (χ3v) is 13.5. The second kappa shape index (κ2) is 20.7. The molecule has 0 amide bonds. The summed E-state index contributed by atoms with van der Waals surface area (Å²) in [6.45, 7) is 0.0907. The zero-order chi connectivity index (χ0) is 45.3. The van der Waals surface area contributed by atoms with Crippen molar-refractivity contribution in [2.45, 2.75) is 26.5 Å². The highest BCUT2D eigenvalue weighted by Gasteiger charge is 2.27. The number of rotatable bonds is 22. The topological polar surface area (TPSA) is 387 Å². The van der Waals surface area contributed by atoms with Crippen molar-refractivity contribution >= 4 is 104 Å². The highest BCUT2D eigenvalue weighted by atomic mass is 32.3. The van der Waals surface area contributed by atoms with Gasteiger partial charge in [0.05, 0.1) is 76.7 Å². The normalized spacial score (nSPS) is 12.8. The molecule has 0 aliphatic rings. The number of hydrogen-bond donors (Lipinski definition) is 6. The van der Waals surface area contributed by atoms with Gasteiger partial charge < -0.3 is 20.3 Å². The molecule has 0 bridgehead atoms. The SMILES string of the molecule is COc1ccc(S(=O)(=O)CCOS(=O)(=O)O)cc1N=Nc1c(S(=O)(=O)O)cc2cc(SOOO)c(N=Nc3cc(C)c(S(=O)(=O)CCOSOOO)cc3OC)c(O)c2c1N. The molecule has 0 aliphatic heterocycles. The number of azo groups is 2. The van der Waals surface area contributed by atoms with Crippen LogP contribution in [-0.2, 0) is 67.3 Å². The first-order valence-corrected chi connectivity index (χ1v) is 23.4. The number of fused-ring (bicyclic) bond motifs is 1. The van der Waals surface area contributed by atoms with E-state index in [2.05, 4.69) is 43.4 Å². The number of nitrogen functional groups attached to an aromatic ring is 1. The van der Waals surface area contributed by atoms with Crippen molar-refractivity contribution in [3.05, 3.63) is 48.0 Å². The van der Waals surface area contributed by atoms with Gasteiger partial charge in [-0.3, -0.25) is 13.3 Å². The minimum atomic E-state index is -5.21. The molecule has 0 saturated heterocycles. The van der Waals surface area contributed by atoms with Crippen molar-refractivity contribution in [1.82, 2.24) is 0 Å². The molecule has 61 heavy (non-hydrogen) atoms. The summed E-state index contributed by atoms with van der Waals surface area (Å²) in [5, 5.41) is 50.9. The molecule has 4 aromatic carbocycles. The zero-order valence-electron chi connectivity index (χ0n) is 31.0. The van der Waals surface area contributed by atoms with Crippen LogP contribution in [0.3, 0.4) is 0 Å². The fourth-order valence-electron chi connectivity index (χ4n) is 5.09. The van der Waals surface area contributed by atoms with Crippen LogP contribution in [0.15, 0.2) is 82.5 Å². The quantitative estimate of drug-likeness (QED) is 0.0110. The van der Waals surface area contributed by atoms with E-state index in [4.69, 9.17) is 34.5 Å². The van der Waals surface area contributed by atoms with Crippen LogP contribution in [0, 0.1) is 6.92 Å². The lowest BCUT2D eigenvalue weighted by molar-refractivity contribution is -0.434. The molecule has 0 fully saturated rings. The van der Waals surface area contributed by atoms with Gasteiger partial charge in [-0.1, -0.05) is 10.1 Å². The van der Waals surface area contributed by atoms with Gasteiger partial charge in [-0.2, -0.15) is 16.8 Å². The van der Waals surface area contributed by atoms with E-state index in [1.165, 1.54) is 27.2 Å². The lowest BCUT2D eigenvalue weighted by Crippen LogP contribution is -2.15. The Balaban J connectivity index is 1.86. The second-order valence-corrected chi connectivity index (χ2v) is 19.4. The van der Waals surface area contributed by atoms with Crippen molar-refractivity contribution in [3.8, 4) is 17.2 Å². The Morgan fingerprint density at radius 1 is 0.721 bits per heavy atom. The molecule has 0 spiro atoms. The molecule has 4 rings (SSSR count). The smallest absolute Gasteiger partial charge is 0.397 e. The van der Waals surface area contributed by atoms with Gasteiger partial charge in [-0.25, -0.2) is 31.5 Å². The minimum absolute atomic E-state index is 0.0812.